The maximum atomic E-state index is 7.56. The molecule has 0 aliphatic carbocycles. The second-order valence-corrected chi connectivity index (χ2v) is 8.73. The van der Waals surface area contributed by atoms with E-state index in [9.17, 15) is 0 Å². The molecular weight excluding hydrogens is 381 g/mol. The Morgan fingerprint density at radius 2 is 0.667 bits per heavy atom. The molecule has 0 heterocycles. The third kappa shape index (κ3) is 217. The van der Waals surface area contributed by atoms with Crippen molar-refractivity contribution in [3.05, 3.63) is 0 Å². The fourth-order valence-corrected chi connectivity index (χ4v) is 0.707. The first kappa shape index (κ1) is 34.9. The van der Waals surface area contributed by atoms with Crippen LogP contribution >= 0.6 is 13.4 Å². The Kier molecular flexibility index (Phi) is 41.5. The molecule has 0 aromatic carbocycles. The zero-order chi connectivity index (χ0) is 17.2. The molecular formula is C10H31KO6P2S2. The first-order chi connectivity index (χ1) is 8.83. The van der Waals surface area contributed by atoms with Gasteiger partial charge in [0.2, 0.25) is 0 Å². The van der Waals surface area contributed by atoms with Gasteiger partial charge in [-0.15, -0.1) is 0 Å². The molecule has 0 aromatic heterocycles. The van der Waals surface area contributed by atoms with Gasteiger partial charge in [0, 0.05) is 0 Å². The van der Waals surface area contributed by atoms with Crippen LogP contribution in [0, 0.1) is 0 Å². The molecule has 0 saturated carbocycles. The third-order valence-corrected chi connectivity index (χ3v) is 1.41. The van der Waals surface area contributed by atoms with E-state index >= 15 is 0 Å². The quantitative estimate of drug-likeness (QED) is 0.307. The summed E-state index contributed by atoms with van der Waals surface area (Å²) in [7, 11) is 0. The molecule has 0 aliphatic heterocycles. The van der Waals surface area contributed by atoms with Crippen molar-refractivity contribution in [1.82, 2.24) is 0 Å². The standard InChI is InChI=1S/2C5H12.K.2H3O3PS.H/c2*1-3-5-4-2;;2*1-4(2,3)5;/h2*3-5H2,1-2H3;;2*(H3,1,2,3,5);. The van der Waals surface area contributed by atoms with Crippen molar-refractivity contribution in [2.24, 2.45) is 0 Å². The van der Waals surface area contributed by atoms with Crippen molar-refractivity contribution in [1.29, 1.82) is 0 Å². The monoisotopic (exact) mass is 412 g/mol. The molecule has 0 amide bonds. The maximum absolute atomic E-state index is 7.56. The number of rotatable bonds is 4. The SMILES string of the molecule is CCCCC.CCCCC.OP(O)(O)=S.OP(O)(O)=S.[KH]. The zero-order valence-corrected chi connectivity index (χ0v) is 16.1. The van der Waals surface area contributed by atoms with E-state index in [1.165, 1.54) is 38.5 Å². The fourth-order valence-electron chi connectivity index (χ4n) is 0.707. The Morgan fingerprint density at radius 1 is 0.571 bits per heavy atom. The Labute approximate surface area is 181 Å². The summed E-state index contributed by atoms with van der Waals surface area (Å²) in [6.45, 7) is 1.24. The zero-order valence-electron chi connectivity index (χ0n) is 12.6. The van der Waals surface area contributed by atoms with Gasteiger partial charge in [0.1, 0.15) is 0 Å². The summed E-state index contributed by atoms with van der Waals surface area (Å²) in [4.78, 5) is 45.3. The van der Waals surface area contributed by atoms with Crippen LogP contribution in [0.15, 0.2) is 0 Å². The molecule has 0 aromatic rings. The van der Waals surface area contributed by atoms with Crippen molar-refractivity contribution in [3.63, 3.8) is 0 Å². The van der Waals surface area contributed by atoms with Gasteiger partial charge in [-0.25, -0.2) is 0 Å². The third-order valence-electron chi connectivity index (χ3n) is 1.41. The first-order valence-electron chi connectivity index (χ1n) is 6.39. The molecule has 0 bridgehead atoms. The molecule has 6 N–H and O–H groups in total. The molecule has 11 heteroatoms. The van der Waals surface area contributed by atoms with Crippen molar-refractivity contribution >= 4 is 88.4 Å². The van der Waals surface area contributed by atoms with Gasteiger partial charge in [-0.2, -0.15) is 0 Å². The minimum absolute atomic E-state index is 0. The van der Waals surface area contributed by atoms with E-state index in [0.717, 1.165) is 0 Å². The summed E-state index contributed by atoms with van der Waals surface area (Å²) >= 11 is 7.21. The van der Waals surface area contributed by atoms with E-state index in [-0.39, 0.29) is 51.4 Å². The van der Waals surface area contributed by atoms with Gasteiger partial charge >= 0.3 is 64.8 Å². The van der Waals surface area contributed by atoms with Gasteiger partial charge in [-0.05, 0) is 23.6 Å². The van der Waals surface area contributed by atoms with E-state index in [1.807, 2.05) is 0 Å². The molecule has 6 nitrogen and oxygen atoms in total. The van der Waals surface area contributed by atoms with Gasteiger partial charge < -0.3 is 29.4 Å². The van der Waals surface area contributed by atoms with Crippen LogP contribution in [0.25, 0.3) is 0 Å². The normalized spacial score (nSPS) is 9.62. The first-order valence-corrected chi connectivity index (χ1v) is 11.7. The van der Waals surface area contributed by atoms with Crippen LogP contribution in [0.1, 0.15) is 66.2 Å². The summed E-state index contributed by atoms with van der Waals surface area (Å²) in [6.07, 6.45) is 8.15. The Balaban J connectivity index is -0.0000000533. The molecule has 21 heavy (non-hydrogen) atoms. The van der Waals surface area contributed by atoms with E-state index in [0.29, 0.717) is 0 Å². The van der Waals surface area contributed by atoms with Crippen LogP contribution in [0.5, 0.6) is 0 Å². The molecule has 0 atom stereocenters. The number of unbranched alkanes of at least 4 members (excludes halogenated alkanes) is 4. The molecule has 0 spiro atoms. The molecule has 130 valence electrons. The molecule has 0 fully saturated rings. The predicted octanol–water partition coefficient (Wildman–Crippen LogP) is 2.12. The molecule has 0 radical (unpaired) electrons. The van der Waals surface area contributed by atoms with Gasteiger partial charge in [0.05, 0.1) is 0 Å². The summed E-state index contributed by atoms with van der Waals surface area (Å²) in [5.41, 5.74) is 0. The van der Waals surface area contributed by atoms with Crippen molar-refractivity contribution in [2.45, 2.75) is 66.2 Å². The van der Waals surface area contributed by atoms with Crippen LogP contribution < -0.4 is 0 Å². The summed E-state index contributed by atoms with van der Waals surface area (Å²) in [6, 6.07) is 0. The van der Waals surface area contributed by atoms with E-state index in [4.69, 9.17) is 29.4 Å². The van der Waals surface area contributed by atoms with Crippen molar-refractivity contribution < 1.29 is 29.4 Å². The molecule has 0 unspecified atom stereocenters. The van der Waals surface area contributed by atoms with Gasteiger partial charge in [-0.3, -0.25) is 0 Å². The Hall–Kier alpha value is 2.70. The van der Waals surface area contributed by atoms with Crippen molar-refractivity contribution in [3.8, 4) is 0 Å². The molecule has 0 saturated heterocycles. The molecule has 0 rings (SSSR count). The number of hydrogen-bond acceptors (Lipinski definition) is 2. The summed E-state index contributed by atoms with van der Waals surface area (Å²) in [5, 5.41) is 0. The van der Waals surface area contributed by atoms with E-state index in [1.54, 1.807) is 0 Å². The van der Waals surface area contributed by atoms with Gasteiger partial charge in [0.15, 0.2) is 0 Å². The predicted molar refractivity (Wildman–Crippen MR) is 99.4 cm³/mol. The van der Waals surface area contributed by atoms with Crippen molar-refractivity contribution in [2.75, 3.05) is 0 Å². The van der Waals surface area contributed by atoms with E-state index < -0.39 is 13.4 Å². The van der Waals surface area contributed by atoms with Gasteiger partial charge in [0.25, 0.3) is 0 Å². The van der Waals surface area contributed by atoms with Gasteiger partial charge in [-0.1, -0.05) is 66.2 Å². The second kappa shape index (κ2) is 24.9. The fraction of sp³-hybridized carbons (Fsp3) is 1.00. The van der Waals surface area contributed by atoms with Crippen LogP contribution in [0.4, 0.5) is 0 Å². The topological polar surface area (TPSA) is 121 Å². The Morgan fingerprint density at radius 3 is 0.667 bits per heavy atom. The second-order valence-electron chi connectivity index (χ2n) is 3.73. The number of hydrogen-bond donors (Lipinski definition) is 6. The Bertz CT molecular complexity index is 213. The van der Waals surface area contributed by atoms with E-state index in [2.05, 4.69) is 51.3 Å². The average molecular weight is 413 g/mol. The molecule has 0 aliphatic rings. The van der Waals surface area contributed by atoms with Crippen LogP contribution in [0.3, 0.4) is 0 Å². The summed E-state index contributed by atoms with van der Waals surface area (Å²) in [5.74, 6) is 0. The van der Waals surface area contributed by atoms with Crippen LogP contribution in [-0.2, 0) is 23.6 Å². The summed E-state index contributed by atoms with van der Waals surface area (Å²) < 4.78 is 0. The minimum atomic E-state index is -3.81. The average Bonchev–Trinajstić information content (AvgIpc) is 2.15. The van der Waals surface area contributed by atoms with Crippen LogP contribution in [0.2, 0.25) is 0 Å². The van der Waals surface area contributed by atoms with Crippen LogP contribution in [-0.4, -0.2) is 80.7 Å².